The van der Waals surface area contributed by atoms with Gasteiger partial charge in [-0.1, -0.05) is 18.3 Å². The number of rotatable bonds is 3. The Labute approximate surface area is 110 Å². The predicted molar refractivity (Wildman–Crippen MR) is 69.3 cm³/mol. The molecule has 2 rings (SSSR count). The summed E-state index contributed by atoms with van der Waals surface area (Å²) >= 11 is 1.10. The molecule has 0 aliphatic carbocycles. The van der Waals surface area contributed by atoms with Crippen LogP contribution in [0, 0.1) is 27.4 Å². The molecule has 1 aliphatic heterocycles. The van der Waals surface area contributed by atoms with Gasteiger partial charge < -0.3 is 0 Å². The maximum Gasteiger partial charge on any atom is 0.324 e. The van der Waals surface area contributed by atoms with Gasteiger partial charge in [0.2, 0.25) is 0 Å². The van der Waals surface area contributed by atoms with E-state index in [-0.39, 0.29) is 11.0 Å². The second-order valence-corrected chi connectivity index (χ2v) is 5.78. The molecule has 1 aromatic heterocycles. The first-order valence-corrected chi connectivity index (χ1v) is 6.81. The van der Waals surface area contributed by atoms with Gasteiger partial charge in [-0.3, -0.25) is 15.0 Å². The van der Waals surface area contributed by atoms with Crippen molar-refractivity contribution < 1.29 is 4.92 Å². The average Bonchev–Trinajstić information content (AvgIpc) is 2.82. The van der Waals surface area contributed by atoms with Gasteiger partial charge in [0.15, 0.2) is 0 Å². The Balaban J connectivity index is 2.13. The Hall–Kier alpha value is -1.45. The third kappa shape index (κ3) is 2.68. The number of nitriles is 1. The van der Waals surface area contributed by atoms with Gasteiger partial charge in [-0.05, 0) is 37.9 Å². The molecule has 0 bridgehead atoms. The Morgan fingerprint density at radius 3 is 2.72 bits per heavy atom. The fourth-order valence-corrected chi connectivity index (χ4v) is 3.10. The third-order valence-electron chi connectivity index (χ3n) is 3.37. The van der Waals surface area contributed by atoms with Crippen LogP contribution in [0.3, 0.4) is 0 Å². The number of nitrogens with zero attached hydrogens (tertiary/aromatic N) is 3. The smallest absolute Gasteiger partial charge is 0.284 e. The molecule has 1 aliphatic rings. The van der Waals surface area contributed by atoms with Crippen LogP contribution in [0.25, 0.3) is 0 Å². The standard InChI is InChI=1S/C12H15N3O2S/c1-9-4-6-14(7-5-9)10(8-13)11-2-3-12(18-11)15(16)17/h2-3,9-10H,4-7H2,1H3. The van der Waals surface area contributed by atoms with E-state index in [1.165, 1.54) is 6.07 Å². The lowest BCUT2D eigenvalue weighted by Gasteiger charge is -2.32. The number of thiophene rings is 1. The maximum atomic E-state index is 10.7. The molecule has 0 spiro atoms. The monoisotopic (exact) mass is 265 g/mol. The van der Waals surface area contributed by atoms with Gasteiger partial charge in [0.25, 0.3) is 0 Å². The minimum Gasteiger partial charge on any atom is -0.284 e. The number of hydrogen-bond donors (Lipinski definition) is 0. The molecule has 0 radical (unpaired) electrons. The fraction of sp³-hybridized carbons (Fsp3) is 0.583. The third-order valence-corrected chi connectivity index (χ3v) is 4.46. The summed E-state index contributed by atoms with van der Waals surface area (Å²) in [5.41, 5.74) is 0. The Bertz CT molecular complexity index is 472. The van der Waals surface area contributed by atoms with Crippen LogP contribution in [0.1, 0.15) is 30.7 Å². The maximum absolute atomic E-state index is 10.7. The van der Waals surface area contributed by atoms with Crippen LogP contribution in [-0.2, 0) is 0 Å². The molecule has 5 nitrogen and oxygen atoms in total. The van der Waals surface area contributed by atoms with Gasteiger partial charge in [-0.2, -0.15) is 5.26 Å². The summed E-state index contributed by atoms with van der Waals surface area (Å²) in [7, 11) is 0. The van der Waals surface area contributed by atoms with Crippen molar-refractivity contribution in [3.63, 3.8) is 0 Å². The quantitative estimate of drug-likeness (QED) is 0.622. The predicted octanol–water partition coefficient (Wildman–Crippen LogP) is 2.95. The highest BCUT2D eigenvalue weighted by molar-refractivity contribution is 7.15. The number of hydrogen-bond acceptors (Lipinski definition) is 5. The SMILES string of the molecule is CC1CCN(C(C#N)c2ccc([N+](=O)[O-])s2)CC1. The summed E-state index contributed by atoms with van der Waals surface area (Å²) in [4.78, 5) is 13.2. The van der Waals surface area contributed by atoms with Gasteiger partial charge in [0.1, 0.15) is 6.04 Å². The van der Waals surface area contributed by atoms with Crippen LogP contribution in [0.15, 0.2) is 12.1 Å². The molecule has 0 aromatic carbocycles. The zero-order valence-electron chi connectivity index (χ0n) is 10.2. The lowest BCUT2D eigenvalue weighted by molar-refractivity contribution is -0.380. The van der Waals surface area contributed by atoms with E-state index in [4.69, 9.17) is 0 Å². The molecule has 1 fully saturated rings. The molecule has 96 valence electrons. The molecule has 18 heavy (non-hydrogen) atoms. The van der Waals surface area contributed by atoms with Crippen LogP contribution >= 0.6 is 11.3 Å². The largest absolute Gasteiger partial charge is 0.324 e. The Morgan fingerprint density at radius 2 is 2.22 bits per heavy atom. The topological polar surface area (TPSA) is 70.2 Å². The molecule has 0 saturated carbocycles. The minimum absolute atomic E-state index is 0.107. The van der Waals surface area contributed by atoms with E-state index < -0.39 is 4.92 Å². The Morgan fingerprint density at radius 1 is 1.56 bits per heavy atom. The zero-order chi connectivity index (χ0) is 13.1. The van der Waals surface area contributed by atoms with E-state index in [0.717, 1.165) is 42.1 Å². The molecule has 1 unspecified atom stereocenters. The van der Waals surface area contributed by atoms with Crippen molar-refractivity contribution >= 4 is 16.3 Å². The molecule has 1 saturated heterocycles. The summed E-state index contributed by atoms with van der Waals surface area (Å²) in [6.07, 6.45) is 2.18. The van der Waals surface area contributed by atoms with Gasteiger partial charge in [-0.15, -0.1) is 0 Å². The lowest BCUT2D eigenvalue weighted by Crippen LogP contribution is -2.35. The summed E-state index contributed by atoms with van der Waals surface area (Å²) in [5, 5.41) is 20.1. The van der Waals surface area contributed by atoms with E-state index in [1.54, 1.807) is 6.07 Å². The van der Waals surface area contributed by atoms with Gasteiger partial charge in [0.05, 0.1) is 11.0 Å². The van der Waals surface area contributed by atoms with Crippen molar-refractivity contribution in [1.82, 2.24) is 4.90 Å². The van der Waals surface area contributed by atoms with Gasteiger partial charge in [0, 0.05) is 10.9 Å². The van der Waals surface area contributed by atoms with E-state index >= 15 is 0 Å². The second kappa shape index (κ2) is 5.46. The number of nitro groups is 1. The van der Waals surface area contributed by atoms with E-state index in [2.05, 4.69) is 17.9 Å². The van der Waals surface area contributed by atoms with Crippen molar-refractivity contribution in [1.29, 1.82) is 5.26 Å². The van der Waals surface area contributed by atoms with Crippen molar-refractivity contribution in [2.45, 2.75) is 25.8 Å². The van der Waals surface area contributed by atoms with Crippen molar-refractivity contribution in [3.8, 4) is 6.07 Å². The summed E-state index contributed by atoms with van der Waals surface area (Å²) in [6.45, 7) is 4.00. The lowest BCUT2D eigenvalue weighted by atomic mass is 9.98. The second-order valence-electron chi connectivity index (χ2n) is 4.68. The normalized spacial score (nSPS) is 19.3. The molecular formula is C12H15N3O2S. The number of piperidine rings is 1. The molecule has 1 atom stereocenters. The van der Waals surface area contributed by atoms with Gasteiger partial charge >= 0.3 is 5.00 Å². The van der Waals surface area contributed by atoms with Crippen LogP contribution in [-0.4, -0.2) is 22.9 Å². The highest BCUT2D eigenvalue weighted by Gasteiger charge is 2.26. The van der Waals surface area contributed by atoms with Crippen molar-refractivity contribution in [3.05, 3.63) is 27.1 Å². The molecule has 1 aromatic rings. The van der Waals surface area contributed by atoms with E-state index in [9.17, 15) is 15.4 Å². The zero-order valence-corrected chi connectivity index (χ0v) is 11.0. The minimum atomic E-state index is -0.402. The molecule has 2 heterocycles. The first-order chi connectivity index (χ1) is 8.61. The van der Waals surface area contributed by atoms with Crippen molar-refractivity contribution in [2.75, 3.05) is 13.1 Å². The highest BCUT2D eigenvalue weighted by Crippen LogP contribution is 2.33. The Kier molecular flexibility index (Phi) is 3.94. The first kappa shape index (κ1) is 13.0. The summed E-state index contributed by atoms with van der Waals surface area (Å²) in [5.74, 6) is 0.707. The van der Waals surface area contributed by atoms with Crippen LogP contribution < -0.4 is 0 Å². The summed E-state index contributed by atoms with van der Waals surface area (Å²) in [6, 6.07) is 5.12. The summed E-state index contributed by atoms with van der Waals surface area (Å²) < 4.78 is 0. The van der Waals surface area contributed by atoms with E-state index in [0.29, 0.717) is 5.92 Å². The fourth-order valence-electron chi connectivity index (χ4n) is 2.20. The van der Waals surface area contributed by atoms with Crippen LogP contribution in [0.4, 0.5) is 5.00 Å². The average molecular weight is 265 g/mol. The van der Waals surface area contributed by atoms with Gasteiger partial charge in [-0.25, -0.2) is 0 Å². The van der Waals surface area contributed by atoms with Crippen LogP contribution in [0.2, 0.25) is 0 Å². The highest BCUT2D eigenvalue weighted by atomic mass is 32.1. The number of likely N-dealkylation sites (tertiary alicyclic amines) is 1. The molecule has 0 amide bonds. The molecule has 6 heteroatoms. The van der Waals surface area contributed by atoms with Crippen LogP contribution in [0.5, 0.6) is 0 Å². The molecular weight excluding hydrogens is 250 g/mol. The molecule has 0 N–H and O–H groups in total. The van der Waals surface area contributed by atoms with E-state index in [1.807, 2.05) is 0 Å². The first-order valence-electron chi connectivity index (χ1n) is 5.99. The van der Waals surface area contributed by atoms with Crippen molar-refractivity contribution in [2.24, 2.45) is 5.92 Å².